The second kappa shape index (κ2) is 7.64. The molecule has 0 saturated carbocycles. The summed E-state index contributed by atoms with van der Waals surface area (Å²) in [5.41, 5.74) is 0.968. The molecule has 1 amide bonds. The van der Waals surface area contributed by atoms with Gasteiger partial charge in [0.1, 0.15) is 11.1 Å². The summed E-state index contributed by atoms with van der Waals surface area (Å²) in [5, 5.41) is 13.0. The Bertz CT molecular complexity index is 792. The number of rotatable bonds is 5. The fourth-order valence-corrected chi connectivity index (χ4v) is 3.81. The van der Waals surface area contributed by atoms with Crippen LogP contribution in [0.1, 0.15) is 27.7 Å². The molecular formula is C16H13ClN2O2S2. The summed E-state index contributed by atoms with van der Waals surface area (Å²) in [6.07, 6.45) is 0. The van der Waals surface area contributed by atoms with E-state index < -0.39 is 0 Å². The normalized spacial score (nSPS) is 10.2. The molecule has 0 spiro atoms. The van der Waals surface area contributed by atoms with Gasteiger partial charge in [-0.1, -0.05) is 11.6 Å². The van der Waals surface area contributed by atoms with Gasteiger partial charge in [0.15, 0.2) is 5.78 Å². The van der Waals surface area contributed by atoms with Gasteiger partial charge >= 0.3 is 0 Å². The molecule has 7 heteroatoms. The number of hydrogen-bond donors (Lipinski definition) is 1. The van der Waals surface area contributed by atoms with E-state index in [4.69, 9.17) is 11.6 Å². The Balaban J connectivity index is 2.05. The minimum absolute atomic E-state index is 0.111. The molecule has 2 aromatic rings. The van der Waals surface area contributed by atoms with Crippen LogP contribution >= 0.6 is 34.7 Å². The predicted molar refractivity (Wildman–Crippen MR) is 94.6 cm³/mol. The first-order valence-electron chi connectivity index (χ1n) is 6.65. The first kappa shape index (κ1) is 17.5. The summed E-state index contributed by atoms with van der Waals surface area (Å²) in [7, 11) is 0. The molecule has 0 unspecified atom stereocenters. The fraction of sp³-hybridized carbons (Fsp3) is 0.188. The van der Waals surface area contributed by atoms with Crippen molar-refractivity contribution in [2.75, 3.05) is 11.1 Å². The van der Waals surface area contributed by atoms with E-state index in [9.17, 15) is 14.9 Å². The van der Waals surface area contributed by atoms with Gasteiger partial charge in [0, 0.05) is 9.92 Å². The van der Waals surface area contributed by atoms with Gasteiger partial charge < -0.3 is 5.32 Å². The van der Waals surface area contributed by atoms with Crippen molar-refractivity contribution in [3.8, 4) is 6.07 Å². The van der Waals surface area contributed by atoms with Gasteiger partial charge in [0.05, 0.1) is 16.2 Å². The van der Waals surface area contributed by atoms with Crippen LogP contribution in [-0.2, 0) is 4.79 Å². The number of Topliss-reactive ketones (excluding diaryl/α,β-unsaturated/α-hetero) is 1. The van der Waals surface area contributed by atoms with Gasteiger partial charge in [-0.2, -0.15) is 5.26 Å². The van der Waals surface area contributed by atoms with Gasteiger partial charge in [-0.25, -0.2) is 0 Å². The number of benzene rings is 1. The Hall–Kier alpha value is -1.81. The maximum absolute atomic E-state index is 12.1. The Morgan fingerprint density at radius 3 is 2.57 bits per heavy atom. The highest BCUT2D eigenvalue weighted by Crippen LogP contribution is 2.33. The summed E-state index contributed by atoms with van der Waals surface area (Å²) in [4.78, 5) is 25.0. The minimum Gasteiger partial charge on any atom is -0.316 e. The summed E-state index contributed by atoms with van der Waals surface area (Å²) in [6.45, 7) is 3.16. The number of thiophene rings is 1. The summed E-state index contributed by atoms with van der Waals surface area (Å²) in [5.74, 6) is -0.128. The second-order valence-electron chi connectivity index (χ2n) is 4.72. The van der Waals surface area contributed by atoms with Crippen molar-refractivity contribution in [3.05, 3.63) is 45.3 Å². The van der Waals surface area contributed by atoms with Crippen LogP contribution in [0.3, 0.4) is 0 Å². The van der Waals surface area contributed by atoms with Crippen LogP contribution in [0, 0.1) is 18.3 Å². The van der Waals surface area contributed by atoms with Gasteiger partial charge in [-0.15, -0.1) is 23.1 Å². The molecule has 0 aliphatic carbocycles. The number of carbonyl (C=O) groups excluding carboxylic acids is 2. The summed E-state index contributed by atoms with van der Waals surface area (Å²) < 4.78 is 0. The smallest absolute Gasteiger partial charge is 0.235 e. The van der Waals surface area contributed by atoms with Gasteiger partial charge in [0.25, 0.3) is 0 Å². The maximum atomic E-state index is 12.1. The van der Waals surface area contributed by atoms with Crippen LogP contribution < -0.4 is 5.32 Å². The van der Waals surface area contributed by atoms with Crippen molar-refractivity contribution >= 4 is 51.4 Å². The lowest BCUT2D eigenvalue weighted by Crippen LogP contribution is -2.13. The SMILES string of the molecule is CC(=O)c1sc(NC(=O)CSc2ccc(Cl)cc2)c(C#N)c1C. The zero-order valence-corrected chi connectivity index (χ0v) is 14.9. The number of anilines is 1. The topological polar surface area (TPSA) is 70.0 Å². The van der Waals surface area contributed by atoms with Crippen molar-refractivity contribution < 1.29 is 9.59 Å². The summed E-state index contributed by atoms with van der Waals surface area (Å²) >= 11 is 8.32. The molecule has 0 atom stereocenters. The lowest BCUT2D eigenvalue weighted by Gasteiger charge is -2.04. The van der Waals surface area contributed by atoms with E-state index in [-0.39, 0.29) is 17.4 Å². The highest BCUT2D eigenvalue weighted by atomic mass is 35.5. The third-order valence-electron chi connectivity index (χ3n) is 3.01. The van der Waals surface area contributed by atoms with E-state index in [0.29, 0.717) is 26.0 Å². The van der Waals surface area contributed by atoms with Crippen LogP contribution in [0.2, 0.25) is 5.02 Å². The molecule has 4 nitrogen and oxygen atoms in total. The van der Waals surface area contributed by atoms with Crippen molar-refractivity contribution in [2.45, 2.75) is 18.7 Å². The molecule has 1 aromatic carbocycles. The first-order chi connectivity index (χ1) is 10.9. The molecule has 23 heavy (non-hydrogen) atoms. The number of hydrogen-bond acceptors (Lipinski definition) is 5. The molecule has 1 heterocycles. The molecule has 1 aromatic heterocycles. The van der Waals surface area contributed by atoms with Crippen LogP contribution in [0.5, 0.6) is 0 Å². The molecule has 0 bridgehead atoms. The van der Waals surface area contributed by atoms with Crippen molar-refractivity contribution in [3.63, 3.8) is 0 Å². The number of ketones is 1. The highest BCUT2D eigenvalue weighted by molar-refractivity contribution is 8.00. The largest absolute Gasteiger partial charge is 0.316 e. The van der Waals surface area contributed by atoms with E-state index in [1.165, 1.54) is 18.7 Å². The molecule has 0 aliphatic rings. The third-order valence-corrected chi connectivity index (χ3v) is 5.59. The Labute approximate surface area is 147 Å². The number of thioether (sulfide) groups is 1. The highest BCUT2D eigenvalue weighted by Gasteiger charge is 2.19. The molecule has 0 radical (unpaired) electrons. The molecule has 2 rings (SSSR count). The van der Waals surface area contributed by atoms with Crippen LogP contribution in [0.4, 0.5) is 5.00 Å². The molecule has 118 valence electrons. The van der Waals surface area contributed by atoms with Crippen LogP contribution in [0.15, 0.2) is 29.2 Å². The van der Waals surface area contributed by atoms with E-state index >= 15 is 0 Å². The maximum Gasteiger partial charge on any atom is 0.235 e. The van der Waals surface area contributed by atoms with Gasteiger partial charge in [0.2, 0.25) is 5.91 Å². The molecular weight excluding hydrogens is 352 g/mol. The molecule has 1 N–H and O–H groups in total. The Kier molecular flexibility index (Phi) is 5.83. The number of nitrogens with zero attached hydrogens (tertiary/aromatic N) is 1. The fourth-order valence-electron chi connectivity index (χ4n) is 1.91. The molecule has 0 saturated heterocycles. The lowest BCUT2D eigenvalue weighted by molar-refractivity contribution is -0.113. The number of halogens is 1. The van der Waals surface area contributed by atoms with E-state index in [0.717, 1.165) is 16.2 Å². The Morgan fingerprint density at radius 1 is 1.35 bits per heavy atom. The van der Waals surface area contributed by atoms with E-state index in [1.54, 1.807) is 19.1 Å². The third kappa shape index (κ3) is 4.35. The zero-order valence-electron chi connectivity index (χ0n) is 12.5. The predicted octanol–water partition coefficient (Wildman–Crippen LogP) is 4.52. The standard InChI is InChI=1S/C16H13ClN2O2S2/c1-9-13(7-18)16(23-15(9)10(2)20)19-14(21)8-22-12-5-3-11(17)4-6-12/h3-6H,8H2,1-2H3,(H,19,21). The number of carbonyl (C=O) groups is 2. The second-order valence-corrected chi connectivity index (χ2v) is 7.22. The van der Waals surface area contributed by atoms with Crippen LogP contribution in [0.25, 0.3) is 0 Å². The van der Waals surface area contributed by atoms with Gasteiger partial charge in [-0.3, -0.25) is 9.59 Å². The monoisotopic (exact) mass is 364 g/mol. The van der Waals surface area contributed by atoms with Crippen LogP contribution in [-0.4, -0.2) is 17.4 Å². The average Bonchev–Trinajstić information content (AvgIpc) is 2.82. The molecule has 0 fully saturated rings. The quantitative estimate of drug-likeness (QED) is 0.625. The van der Waals surface area contributed by atoms with Gasteiger partial charge in [-0.05, 0) is 43.7 Å². The van der Waals surface area contributed by atoms with Crippen molar-refractivity contribution in [2.24, 2.45) is 0 Å². The van der Waals surface area contributed by atoms with Crippen molar-refractivity contribution in [1.29, 1.82) is 5.26 Å². The lowest BCUT2D eigenvalue weighted by atomic mass is 10.1. The average molecular weight is 365 g/mol. The number of nitrogens with one attached hydrogen (secondary N) is 1. The van der Waals surface area contributed by atoms with E-state index in [2.05, 4.69) is 5.32 Å². The minimum atomic E-state index is -0.224. The van der Waals surface area contributed by atoms with E-state index in [1.807, 2.05) is 18.2 Å². The summed E-state index contributed by atoms with van der Waals surface area (Å²) in [6, 6.07) is 9.24. The van der Waals surface area contributed by atoms with Crippen molar-refractivity contribution in [1.82, 2.24) is 0 Å². The first-order valence-corrected chi connectivity index (χ1v) is 8.83. The number of nitriles is 1. The number of amides is 1. The zero-order chi connectivity index (χ0) is 17.0. The molecule has 0 aliphatic heterocycles. The Morgan fingerprint density at radius 2 is 2.00 bits per heavy atom.